The van der Waals surface area contributed by atoms with Gasteiger partial charge < -0.3 is 10.8 Å². The topological polar surface area (TPSA) is 106 Å². The summed E-state index contributed by atoms with van der Waals surface area (Å²) in [6, 6.07) is 16.1. The van der Waals surface area contributed by atoms with E-state index in [4.69, 9.17) is 5.73 Å². The van der Waals surface area contributed by atoms with Crippen molar-refractivity contribution in [2.24, 2.45) is 5.73 Å². The lowest BCUT2D eigenvalue weighted by Gasteiger charge is -2.33. The zero-order valence-electron chi connectivity index (χ0n) is 20.5. The van der Waals surface area contributed by atoms with Gasteiger partial charge in [-0.05, 0) is 65.0 Å². The van der Waals surface area contributed by atoms with Crippen LogP contribution < -0.4 is 11.3 Å². The quantitative estimate of drug-likeness (QED) is 0.339. The Bertz CT molecular complexity index is 1700. The second-order valence-electron chi connectivity index (χ2n) is 9.22. The van der Waals surface area contributed by atoms with Crippen LogP contribution in [0.2, 0.25) is 0 Å². The van der Waals surface area contributed by atoms with Crippen molar-refractivity contribution in [3.8, 4) is 11.1 Å². The summed E-state index contributed by atoms with van der Waals surface area (Å²) in [5, 5.41) is 11.8. The maximum atomic E-state index is 13.7. The van der Waals surface area contributed by atoms with Crippen LogP contribution in [0.15, 0.2) is 76.6 Å². The smallest absolute Gasteiger partial charge is 0.416 e. The number of nitrogens with zero attached hydrogens (tertiary/aromatic N) is 2. The summed E-state index contributed by atoms with van der Waals surface area (Å²) >= 11 is 1.03. The average molecular weight is 554 g/mol. The second kappa shape index (κ2) is 9.90. The van der Waals surface area contributed by atoms with Crippen molar-refractivity contribution in [2.45, 2.75) is 23.7 Å². The highest BCUT2D eigenvalue weighted by Gasteiger charge is 2.37. The van der Waals surface area contributed by atoms with Gasteiger partial charge in [-0.2, -0.15) is 13.2 Å². The van der Waals surface area contributed by atoms with E-state index >= 15 is 0 Å². The van der Waals surface area contributed by atoms with Gasteiger partial charge >= 0.3 is 12.1 Å². The Morgan fingerprint density at radius 3 is 2.46 bits per heavy atom. The number of carboxylic acids is 1. The summed E-state index contributed by atoms with van der Waals surface area (Å²) in [6.45, 7) is -0.0736. The van der Waals surface area contributed by atoms with Crippen LogP contribution in [-0.4, -0.2) is 39.4 Å². The first-order valence-corrected chi connectivity index (χ1v) is 12.6. The first-order chi connectivity index (χ1) is 18.5. The van der Waals surface area contributed by atoms with Crippen molar-refractivity contribution in [3.05, 3.63) is 99.3 Å². The molecule has 1 aliphatic rings. The molecule has 0 saturated heterocycles. The molecule has 0 fully saturated rings. The van der Waals surface area contributed by atoms with E-state index in [1.54, 1.807) is 23.5 Å². The van der Waals surface area contributed by atoms with Crippen molar-refractivity contribution < 1.29 is 27.9 Å². The molecule has 3 N–H and O–H groups in total. The molecular weight excluding hydrogens is 531 g/mol. The number of nitrogens with two attached hydrogens (primary N) is 1. The number of carboxylic acid groups (broad SMARTS) is 1. The number of benzene rings is 3. The molecule has 0 saturated carbocycles. The molecule has 11 heteroatoms. The summed E-state index contributed by atoms with van der Waals surface area (Å²) in [4.78, 5) is 38.7. The van der Waals surface area contributed by atoms with Crippen LogP contribution in [0.25, 0.3) is 21.9 Å². The van der Waals surface area contributed by atoms with E-state index in [1.807, 2.05) is 30.3 Å². The largest absolute Gasteiger partial charge is 0.480 e. The zero-order chi connectivity index (χ0) is 28.1. The van der Waals surface area contributed by atoms with E-state index in [2.05, 4.69) is 0 Å². The highest BCUT2D eigenvalue weighted by molar-refractivity contribution is 7.97. The lowest BCUT2D eigenvalue weighted by atomic mass is 9.89. The van der Waals surface area contributed by atoms with Gasteiger partial charge in [-0.15, -0.1) is 0 Å². The van der Waals surface area contributed by atoms with Crippen molar-refractivity contribution in [2.75, 3.05) is 13.6 Å². The number of pyridine rings is 1. The fourth-order valence-electron chi connectivity index (χ4n) is 5.00. The molecular formula is C28H22F3N3O4S. The van der Waals surface area contributed by atoms with Crippen LogP contribution in [-0.2, 0) is 17.4 Å². The molecule has 0 aliphatic carbocycles. The zero-order valence-corrected chi connectivity index (χ0v) is 21.3. The number of aliphatic carboxylic acids is 1. The van der Waals surface area contributed by atoms with E-state index in [0.29, 0.717) is 0 Å². The molecule has 0 radical (unpaired) electrons. The third-order valence-electron chi connectivity index (χ3n) is 6.71. The Kier molecular flexibility index (Phi) is 6.73. The van der Waals surface area contributed by atoms with Gasteiger partial charge in [0.05, 0.1) is 5.56 Å². The van der Waals surface area contributed by atoms with Crippen molar-refractivity contribution >= 4 is 34.6 Å². The number of hydrogen-bond acceptors (Lipinski definition) is 5. The maximum absolute atomic E-state index is 13.7. The summed E-state index contributed by atoms with van der Waals surface area (Å²) in [5.41, 5.74) is 4.55. The van der Waals surface area contributed by atoms with Crippen LogP contribution >= 0.6 is 11.9 Å². The van der Waals surface area contributed by atoms with E-state index < -0.39 is 40.8 Å². The molecule has 3 aromatic carbocycles. The van der Waals surface area contributed by atoms with Gasteiger partial charge in [-0.1, -0.05) is 54.6 Å². The maximum Gasteiger partial charge on any atom is 0.416 e. The van der Waals surface area contributed by atoms with Gasteiger partial charge in [0.15, 0.2) is 0 Å². The third kappa shape index (κ3) is 4.79. The van der Waals surface area contributed by atoms with Crippen LogP contribution in [0, 0.1) is 0 Å². The van der Waals surface area contributed by atoms with Crippen molar-refractivity contribution in [1.82, 2.24) is 8.87 Å². The summed E-state index contributed by atoms with van der Waals surface area (Å²) in [5.74, 6) is -2.41. The molecule has 200 valence electrons. The van der Waals surface area contributed by atoms with E-state index in [9.17, 15) is 32.7 Å². The SMILES string of the molecule is CN1CC(C(=O)O)n2c(c(-c3cccc(C(F)(F)F)c3)c(Cc3cccc4ccccc34)c(C(N)=O)c2=O)S1. The molecule has 0 bridgehead atoms. The number of hydrogen-bond donors (Lipinski definition) is 2. The van der Waals surface area contributed by atoms with E-state index in [1.165, 1.54) is 12.1 Å². The van der Waals surface area contributed by atoms with Crippen LogP contribution in [0.3, 0.4) is 0 Å². The standard InChI is InChI=1S/C28H22F3N3O4S/c1-33-14-21(27(37)38)34-25(36)23(24(32)35)20(13-16-8-4-7-15-6-2-3-11-19(15)16)22(26(34)39-33)17-9-5-10-18(12-17)28(29,30)31/h2-12,21H,13-14H2,1H3,(H2,32,35)(H,37,38). The Hall–Kier alpha value is -4.09. The minimum absolute atomic E-state index is 0.00367. The molecule has 4 aromatic rings. The molecule has 0 spiro atoms. The number of amides is 1. The molecule has 1 aliphatic heterocycles. The second-order valence-corrected chi connectivity index (χ2v) is 10.4. The average Bonchev–Trinajstić information content (AvgIpc) is 2.88. The summed E-state index contributed by atoms with van der Waals surface area (Å²) in [7, 11) is 1.62. The highest BCUT2D eigenvalue weighted by atomic mass is 32.2. The first kappa shape index (κ1) is 26.5. The van der Waals surface area contributed by atoms with E-state index in [-0.39, 0.29) is 34.7 Å². The molecule has 7 nitrogen and oxygen atoms in total. The van der Waals surface area contributed by atoms with Gasteiger partial charge in [0.2, 0.25) is 0 Å². The van der Waals surface area contributed by atoms with Crippen molar-refractivity contribution in [1.29, 1.82) is 0 Å². The predicted octanol–water partition coefficient (Wildman–Crippen LogP) is 4.96. The summed E-state index contributed by atoms with van der Waals surface area (Å²) < 4.78 is 43.7. The Balaban J connectivity index is 1.90. The van der Waals surface area contributed by atoms with Gasteiger partial charge in [-0.25, -0.2) is 9.10 Å². The fourth-order valence-corrected chi connectivity index (χ4v) is 6.15. The molecule has 5 rings (SSSR count). The highest BCUT2D eigenvalue weighted by Crippen LogP contribution is 2.43. The number of fused-ring (bicyclic) bond motifs is 2. The minimum Gasteiger partial charge on any atom is -0.480 e. The van der Waals surface area contributed by atoms with Gasteiger partial charge in [0.1, 0.15) is 16.6 Å². The first-order valence-electron chi connectivity index (χ1n) is 11.8. The van der Waals surface area contributed by atoms with Crippen molar-refractivity contribution in [3.63, 3.8) is 0 Å². The monoisotopic (exact) mass is 553 g/mol. The normalized spacial score (nSPS) is 15.7. The molecule has 1 aromatic heterocycles. The Morgan fingerprint density at radius 1 is 1.08 bits per heavy atom. The molecule has 1 amide bonds. The number of rotatable bonds is 5. The molecule has 1 atom stereocenters. The number of primary amides is 1. The van der Waals surface area contributed by atoms with Crippen LogP contribution in [0.5, 0.6) is 0 Å². The molecule has 39 heavy (non-hydrogen) atoms. The predicted molar refractivity (Wildman–Crippen MR) is 142 cm³/mol. The summed E-state index contributed by atoms with van der Waals surface area (Å²) in [6.07, 6.45) is -4.66. The number of aromatic nitrogens is 1. The van der Waals surface area contributed by atoms with E-state index in [0.717, 1.165) is 45.0 Å². The Labute approximate surface area is 224 Å². The lowest BCUT2D eigenvalue weighted by molar-refractivity contribution is -0.141. The third-order valence-corrected chi connectivity index (χ3v) is 7.74. The number of carbonyl (C=O) groups is 2. The number of alkyl halides is 3. The molecule has 2 heterocycles. The van der Waals surface area contributed by atoms with Crippen LogP contribution in [0.4, 0.5) is 13.2 Å². The number of carbonyl (C=O) groups excluding carboxylic acids is 1. The minimum atomic E-state index is -4.66. The van der Waals surface area contributed by atoms with Gasteiger partial charge in [-0.3, -0.25) is 14.2 Å². The Morgan fingerprint density at radius 2 is 1.77 bits per heavy atom. The number of likely N-dealkylation sites (N-methyl/N-ethyl adjacent to an activating group) is 1. The lowest BCUT2D eigenvalue weighted by Crippen LogP contribution is -2.44. The van der Waals surface area contributed by atoms with Crippen LogP contribution in [0.1, 0.15) is 33.1 Å². The van der Waals surface area contributed by atoms with Gasteiger partial charge in [0.25, 0.3) is 11.5 Å². The number of halogens is 3. The van der Waals surface area contributed by atoms with Gasteiger partial charge in [0, 0.05) is 12.1 Å². The fraction of sp³-hybridized carbons (Fsp3) is 0.179. The molecule has 1 unspecified atom stereocenters.